The Morgan fingerprint density at radius 3 is 2.64 bits per heavy atom. The Morgan fingerprint density at radius 1 is 1.22 bits per heavy atom. The predicted molar refractivity (Wildman–Crippen MR) is 137 cm³/mol. The molecule has 2 N–H and O–H groups in total. The van der Waals surface area contributed by atoms with E-state index in [4.69, 9.17) is 15.0 Å². The Balaban J connectivity index is 1.13. The van der Waals surface area contributed by atoms with Crippen molar-refractivity contribution >= 4 is 11.9 Å². The first kappa shape index (κ1) is 26.0. The number of benzene rings is 1. The topological polar surface area (TPSA) is 122 Å². The van der Waals surface area contributed by atoms with E-state index in [-0.39, 0.29) is 17.9 Å². The zero-order chi connectivity index (χ0) is 25.5. The van der Waals surface area contributed by atoms with Gasteiger partial charge in [0.2, 0.25) is 5.91 Å². The monoisotopic (exact) mass is 494 g/mol. The normalized spacial score (nSPS) is 19.5. The lowest BCUT2D eigenvalue weighted by Gasteiger charge is -2.30. The molecule has 2 saturated heterocycles. The number of nitrogens with zero attached hydrogens (tertiary/aromatic N) is 5. The number of aromatic nitrogens is 2. The van der Waals surface area contributed by atoms with E-state index in [9.17, 15) is 10.1 Å². The summed E-state index contributed by atoms with van der Waals surface area (Å²) < 4.78 is 11.4. The van der Waals surface area contributed by atoms with Crippen molar-refractivity contribution in [1.82, 2.24) is 15.0 Å². The number of amides is 1. The average Bonchev–Trinajstić information content (AvgIpc) is 3.58. The Hall–Kier alpha value is -3.12. The van der Waals surface area contributed by atoms with Gasteiger partial charge in [0.25, 0.3) is 0 Å². The summed E-state index contributed by atoms with van der Waals surface area (Å²) in [5.41, 5.74) is 7.15. The van der Waals surface area contributed by atoms with Gasteiger partial charge in [0, 0.05) is 25.6 Å². The summed E-state index contributed by atoms with van der Waals surface area (Å²) in [6, 6.07) is 9.69. The van der Waals surface area contributed by atoms with E-state index < -0.39 is 6.04 Å². The molecule has 1 aromatic heterocycles. The number of carbonyl (C=O) groups excluding carboxylic acids is 1. The Kier molecular flexibility index (Phi) is 8.81. The van der Waals surface area contributed by atoms with Crippen molar-refractivity contribution in [2.24, 2.45) is 11.7 Å². The van der Waals surface area contributed by atoms with Gasteiger partial charge in [0.15, 0.2) is 5.82 Å². The van der Waals surface area contributed by atoms with Gasteiger partial charge in [0.05, 0.1) is 18.7 Å². The van der Waals surface area contributed by atoms with Crippen molar-refractivity contribution in [3.63, 3.8) is 0 Å². The summed E-state index contributed by atoms with van der Waals surface area (Å²) in [4.78, 5) is 21.0. The van der Waals surface area contributed by atoms with E-state index in [1.165, 1.54) is 0 Å². The molecule has 9 nitrogen and oxygen atoms in total. The van der Waals surface area contributed by atoms with E-state index in [1.807, 2.05) is 24.3 Å². The number of carbonyl (C=O) groups is 1. The maximum absolute atomic E-state index is 12.6. The minimum absolute atomic E-state index is 0.136. The molecule has 0 saturated carbocycles. The standard InChI is InChI=1S/C27H38N6O3/c1-19(2)25-30-27(36-31-25)32-14-11-20(12-15-32)5-4-16-35-23-9-7-21(8-10-23)17-24(29)26(34)33-13-3-6-22(33)18-28/h7-10,19-20,22,24H,3-6,11-17,29H2,1-2H3. The fraction of sp³-hybridized carbons (Fsp3) is 0.630. The van der Waals surface area contributed by atoms with Crippen molar-refractivity contribution in [3.8, 4) is 11.8 Å². The van der Waals surface area contributed by atoms with Gasteiger partial charge >= 0.3 is 6.01 Å². The van der Waals surface area contributed by atoms with E-state index in [0.29, 0.717) is 31.5 Å². The lowest BCUT2D eigenvalue weighted by atomic mass is 9.92. The third kappa shape index (κ3) is 6.55. The smallest absolute Gasteiger partial charge is 0.324 e. The highest BCUT2D eigenvalue weighted by molar-refractivity contribution is 5.82. The summed E-state index contributed by atoms with van der Waals surface area (Å²) in [7, 11) is 0. The first-order valence-corrected chi connectivity index (χ1v) is 13.2. The van der Waals surface area contributed by atoms with Crippen molar-refractivity contribution in [1.29, 1.82) is 5.26 Å². The quantitative estimate of drug-likeness (QED) is 0.497. The van der Waals surface area contributed by atoms with Crippen LogP contribution in [0.3, 0.4) is 0 Å². The molecule has 2 unspecified atom stereocenters. The highest BCUT2D eigenvalue weighted by Crippen LogP contribution is 2.26. The number of anilines is 1. The molecule has 2 atom stereocenters. The molecule has 2 aliphatic heterocycles. The number of nitrogens with two attached hydrogens (primary N) is 1. The fourth-order valence-electron chi connectivity index (χ4n) is 5.00. The molecule has 9 heteroatoms. The van der Waals surface area contributed by atoms with Gasteiger partial charge in [-0.15, -0.1) is 0 Å². The average molecular weight is 495 g/mol. The number of hydrogen-bond acceptors (Lipinski definition) is 8. The minimum atomic E-state index is -0.630. The van der Waals surface area contributed by atoms with Gasteiger partial charge in [-0.3, -0.25) is 4.79 Å². The second-order valence-corrected chi connectivity index (χ2v) is 10.3. The van der Waals surface area contributed by atoms with Crippen molar-refractivity contribution in [3.05, 3.63) is 35.7 Å². The van der Waals surface area contributed by atoms with Crippen LogP contribution in [0, 0.1) is 17.2 Å². The van der Waals surface area contributed by atoms with E-state index in [2.05, 4.69) is 35.0 Å². The molecule has 0 spiro atoms. The summed E-state index contributed by atoms with van der Waals surface area (Å²) in [6.07, 6.45) is 6.46. The van der Waals surface area contributed by atoms with E-state index >= 15 is 0 Å². The van der Waals surface area contributed by atoms with E-state index in [0.717, 1.165) is 68.8 Å². The molecule has 2 aromatic rings. The summed E-state index contributed by atoms with van der Waals surface area (Å²) in [6.45, 7) is 7.34. The van der Waals surface area contributed by atoms with Gasteiger partial charge < -0.3 is 24.8 Å². The lowest BCUT2D eigenvalue weighted by molar-refractivity contribution is -0.132. The zero-order valence-electron chi connectivity index (χ0n) is 21.4. The second-order valence-electron chi connectivity index (χ2n) is 10.3. The van der Waals surface area contributed by atoms with Gasteiger partial charge in [0.1, 0.15) is 11.8 Å². The number of nitriles is 1. The van der Waals surface area contributed by atoms with Crippen molar-refractivity contribution < 1.29 is 14.1 Å². The first-order valence-electron chi connectivity index (χ1n) is 13.2. The van der Waals surface area contributed by atoms with E-state index in [1.54, 1.807) is 4.90 Å². The van der Waals surface area contributed by atoms with Crippen LogP contribution in [-0.4, -0.2) is 59.3 Å². The van der Waals surface area contributed by atoms with Crippen molar-refractivity contribution in [2.45, 2.75) is 76.8 Å². The van der Waals surface area contributed by atoms with Gasteiger partial charge in [-0.1, -0.05) is 31.1 Å². The summed E-state index contributed by atoms with van der Waals surface area (Å²) >= 11 is 0. The molecule has 0 aliphatic carbocycles. The van der Waals surface area contributed by atoms with Crippen LogP contribution in [0.5, 0.6) is 5.75 Å². The highest BCUT2D eigenvalue weighted by atomic mass is 16.5. The molecular formula is C27H38N6O3. The fourth-order valence-corrected chi connectivity index (χ4v) is 5.00. The second kappa shape index (κ2) is 12.2. The van der Waals surface area contributed by atoms with Crippen LogP contribution < -0.4 is 15.4 Å². The molecule has 0 bridgehead atoms. The molecular weight excluding hydrogens is 456 g/mol. The van der Waals surface area contributed by atoms with Crippen LogP contribution in [-0.2, 0) is 11.2 Å². The molecule has 1 aromatic carbocycles. The Bertz CT molecular complexity index is 1020. The van der Waals surface area contributed by atoms with Crippen LogP contribution in [0.15, 0.2) is 28.8 Å². The largest absolute Gasteiger partial charge is 0.494 e. The Morgan fingerprint density at radius 2 is 1.97 bits per heavy atom. The number of ether oxygens (including phenoxy) is 1. The molecule has 1 amide bonds. The number of piperidine rings is 1. The zero-order valence-corrected chi connectivity index (χ0v) is 21.4. The molecule has 2 aliphatic rings. The SMILES string of the molecule is CC(C)c1noc(N2CCC(CCCOc3ccc(CC(N)C(=O)N4CCCC4C#N)cc3)CC2)n1. The van der Waals surface area contributed by atoms with Crippen LogP contribution in [0.1, 0.15) is 69.7 Å². The van der Waals surface area contributed by atoms with Crippen LogP contribution >= 0.6 is 0 Å². The molecule has 194 valence electrons. The maximum Gasteiger partial charge on any atom is 0.324 e. The summed E-state index contributed by atoms with van der Waals surface area (Å²) in [5, 5.41) is 13.3. The predicted octanol–water partition coefficient (Wildman–Crippen LogP) is 3.65. The summed E-state index contributed by atoms with van der Waals surface area (Å²) in [5.74, 6) is 2.42. The lowest BCUT2D eigenvalue weighted by Crippen LogP contribution is -2.46. The molecule has 4 rings (SSSR count). The molecule has 36 heavy (non-hydrogen) atoms. The number of hydrogen-bond donors (Lipinski definition) is 1. The molecule has 3 heterocycles. The minimum Gasteiger partial charge on any atom is -0.494 e. The van der Waals surface area contributed by atoms with Crippen molar-refractivity contribution in [2.75, 3.05) is 31.1 Å². The van der Waals surface area contributed by atoms with Gasteiger partial charge in [-0.25, -0.2) is 0 Å². The van der Waals surface area contributed by atoms with Crippen LogP contribution in [0.2, 0.25) is 0 Å². The maximum atomic E-state index is 12.6. The first-order chi connectivity index (χ1) is 17.4. The third-order valence-electron chi connectivity index (χ3n) is 7.24. The Labute approximate surface area is 213 Å². The number of likely N-dealkylation sites (tertiary alicyclic amines) is 1. The highest BCUT2D eigenvalue weighted by Gasteiger charge is 2.31. The molecule has 2 fully saturated rings. The molecule has 0 radical (unpaired) electrons. The van der Waals surface area contributed by atoms with Crippen LogP contribution in [0.4, 0.5) is 6.01 Å². The van der Waals surface area contributed by atoms with Gasteiger partial charge in [-0.2, -0.15) is 10.2 Å². The van der Waals surface area contributed by atoms with Crippen LogP contribution in [0.25, 0.3) is 0 Å². The van der Waals surface area contributed by atoms with Gasteiger partial charge in [-0.05, 0) is 68.6 Å². The number of rotatable bonds is 10. The third-order valence-corrected chi connectivity index (χ3v) is 7.24.